The van der Waals surface area contributed by atoms with Crippen LogP contribution in [0.1, 0.15) is 23.2 Å². The third-order valence-corrected chi connectivity index (χ3v) is 5.91. The molecular weight excluding hydrogens is 378 g/mol. The molecule has 154 valence electrons. The summed E-state index contributed by atoms with van der Waals surface area (Å²) >= 11 is 0. The highest BCUT2D eigenvalue weighted by atomic mass is 16.7. The van der Waals surface area contributed by atoms with Gasteiger partial charge in [0.2, 0.25) is 0 Å². The Morgan fingerprint density at radius 3 is 2.47 bits per heavy atom. The maximum Gasteiger partial charge on any atom is 0.253 e. The van der Waals surface area contributed by atoms with E-state index in [0.717, 1.165) is 42.9 Å². The van der Waals surface area contributed by atoms with Gasteiger partial charge in [0.1, 0.15) is 0 Å². The summed E-state index contributed by atoms with van der Waals surface area (Å²) in [5.41, 5.74) is 3.66. The number of hydrogen-bond donors (Lipinski definition) is 0. The third-order valence-electron chi connectivity index (χ3n) is 5.91. The van der Waals surface area contributed by atoms with Crippen LogP contribution in [-0.4, -0.2) is 53.2 Å². The zero-order chi connectivity index (χ0) is 20.3. The molecule has 0 atom stereocenters. The Hall–Kier alpha value is -2.96. The summed E-state index contributed by atoms with van der Waals surface area (Å²) in [4.78, 5) is 15.1. The Morgan fingerprint density at radius 1 is 0.933 bits per heavy atom. The lowest BCUT2D eigenvalue weighted by molar-refractivity contribution is -0.0956. The van der Waals surface area contributed by atoms with Crippen molar-refractivity contribution < 1.29 is 14.3 Å². The van der Waals surface area contributed by atoms with E-state index in [9.17, 15) is 4.79 Å². The molecule has 0 spiro atoms. The van der Waals surface area contributed by atoms with Gasteiger partial charge in [-0.25, -0.2) is 4.68 Å². The van der Waals surface area contributed by atoms with Crippen LogP contribution < -0.4 is 0 Å². The molecule has 0 aliphatic carbocycles. The van der Waals surface area contributed by atoms with E-state index in [2.05, 4.69) is 17.2 Å². The van der Waals surface area contributed by atoms with Gasteiger partial charge in [-0.15, -0.1) is 0 Å². The average Bonchev–Trinajstić information content (AvgIpc) is 3.52. The molecular formula is C24H25N3O3. The molecule has 0 radical (unpaired) electrons. The topological polar surface area (TPSA) is 56.6 Å². The fraction of sp³-hybridized carbons (Fsp3) is 0.333. The molecule has 2 fully saturated rings. The van der Waals surface area contributed by atoms with Gasteiger partial charge in [-0.3, -0.25) is 4.79 Å². The summed E-state index contributed by atoms with van der Waals surface area (Å²) in [7, 11) is 0. The summed E-state index contributed by atoms with van der Waals surface area (Å²) < 4.78 is 13.2. The minimum absolute atomic E-state index is 0.0666. The summed E-state index contributed by atoms with van der Waals surface area (Å²) in [5.74, 6) is 0.442. The second-order valence-corrected chi connectivity index (χ2v) is 7.78. The Morgan fingerprint density at radius 2 is 1.70 bits per heavy atom. The number of benzene rings is 2. The summed E-state index contributed by atoms with van der Waals surface area (Å²) in [6, 6.07) is 19.8. The van der Waals surface area contributed by atoms with Crippen LogP contribution in [0.4, 0.5) is 0 Å². The molecule has 1 aromatic heterocycles. The molecule has 0 bridgehead atoms. The largest absolute Gasteiger partial charge is 0.350 e. The summed E-state index contributed by atoms with van der Waals surface area (Å²) in [6.07, 6.45) is 3.51. The van der Waals surface area contributed by atoms with Crippen molar-refractivity contribution in [3.8, 4) is 16.9 Å². The Bertz CT molecular complexity index is 1000. The quantitative estimate of drug-likeness (QED) is 0.666. The number of carbonyl (C=O) groups excluding carboxylic acids is 1. The predicted molar refractivity (Wildman–Crippen MR) is 113 cm³/mol. The number of nitrogens with zero attached hydrogens (tertiary/aromatic N) is 3. The van der Waals surface area contributed by atoms with Crippen LogP contribution in [-0.2, 0) is 9.47 Å². The molecule has 2 aliphatic heterocycles. The van der Waals surface area contributed by atoms with Crippen molar-refractivity contribution >= 4 is 5.91 Å². The van der Waals surface area contributed by atoms with E-state index < -0.39 is 0 Å². The minimum atomic E-state index is -0.0956. The number of amides is 1. The van der Waals surface area contributed by atoms with E-state index >= 15 is 0 Å². The fourth-order valence-electron chi connectivity index (χ4n) is 4.31. The van der Waals surface area contributed by atoms with Crippen LogP contribution in [0.2, 0.25) is 0 Å². The van der Waals surface area contributed by atoms with Crippen LogP contribution in [0.3, 0.4) is 0 Å². The lowest BCUT2D eigenvalue weighted by atomic mass is 9.95. The highest BCUT2D eigenvalue weighted by molar-refractivity contribution is 5.94. The zero-order valence-electron chi connectivity index (χ0n) is 16.8. The van der Waals surface area contributed by atoms with Gasteiger partial charge in [-0.1, -0.05) is 36.4 Å². The Labute approximate surface area is 176 Å². The Balaban J connectivity index is 1.32. The molecule has 5 rings (SSSR count). The number of carbonyl (C=O) groups is 1. The van der Waals surface area contributed by atoms with E-state index in [1.807, 2.05) is 58.1 Å². The maximum atomic E-state index is 13.1. The van der Waals surface area contributed by atoms with Gasteiger partial charge >= 0.3 is 0 Å². The summed E-state index contributed by atoms with van der Waals surface area (Å²) in [6.45, 7) is 2.81. The highest BCUT2D eigenvalue weighted by Gasteiger charge is 2.32. The van der Waals surface area contributed by atoms with E-state index in [1.165, 1.54) is 0 Å². The number of piperidine rings is 1. The SMILES string of the molecule is O=C(c1cccc(-n2nccc2-c2ccccc2)c1)N1CCC(C2OCCO2)CC1. The van der Waals surface area contributed by atoms with Gasteiger partial charge in [0.15, 0.2) is 6.29 Å². The molecule has 0 saturated carbocycles. The number of aromatic nitrogens is 2. The lowest BCUT2D eigenvalue weighted by Gasteiger charge is -2.34. The molecule has 3 heterocycles. The number of hydrogen-bond acceptors (Lipinski definition) is 4. The highest BCUT2D eigenvalue weighted by Crippen LogP contribution is 2.27. The van der Waals surface area contributed by atoms with E-state index in [-0.39, 0.29) is 12.2 Å². The number of rotatable bonds is 4. The van der Waals surface area contributed by atoms with Crippen LogP contribution >= 0.6 is 0 Å². The zero-order valence-corrected chi connectivity index (χ0v) is 16.8. The van der Waals surface area contributed by atoms with Crippen molar-refractivity contribution in [3.05, 3.63) is 72.4 Å². The van der Waals surface area contributed by atoms with Crippen molar-refractivity contribution in [1.82, 2.24) is 14.7 Å². The van der Waals surface area contributed by atoms with Crippen LogP contribution in [0.5, 0.6) is 0 Å². The van der Waals surface area contributed by atoms with Gasteiger partial charge in [0.25, 0.3) is 5.91 Å². The lowest BCUT2D eigenvalue weighted by Crippen LogP contribution is -2.41. The molecule has 6 nitrogen and oxygen atoms in total. The van der Waals surface area contributed by atoms with Crippen LogP contribution in [0, 0.1) is 5.92 Å². The molecule has 0 unspecified atom stereocenters. The fourth-order valence-corrected chi connectivity index (χ4v) is 4.31. The standard InChI is InChI=1S/C24H25N3O3/c28-23(26-13-10-19(11-14-26)24-29-15-16-30-24)20-7-4-8-21(17-20)27-22(9-12-25-27)18-5-2-1-3-6-18/h1-9,12,17,19,24H,10-11,13-16H2. The molecule has 2 saturated heterocycles. The first-order valence-corrected chi connectivity index (χ1v) is 10.5. The van der Waals surface area contributed by atoms with Crippen molar-refractivity contribution in [3.63, 3.8) is 0 Å². The van der Waals surface area contributed by atoms with Crippen molar-refractivity contribution in [1.29, 1.82) is 0 Å². The average molecular weight is 403 g/mol. The molecule has 1 amide bonds. The number of likely N-dealkylation sites (tertiary alicyclic amines) is 1. The van der Waals surface area contributed by atoms with Gasteiger partial charge in [-0.2, -0.15) is 5.10 Å². The van der Waals surface area contributed by atoms with Crippen molar-refractivity contribution in [2.24, 2.45) is 5.92 Å². The van der Waals surface area contributed by atoms with E-state index in [1.54, 1.807) is 6.20 Å². The van der Waals surface area contributed by atoms with Crippen LogP contribution in [0.15, 0.2) is 66.9 Å². The van der Waals surface area contributed by atoms with Gasteiger partial charge in [0, 0.05) is 30.1 Å². The molecule has 2 aromatic carbocycles. The van der Waals surface area contributed by atoms with E-state index in [0.29, 0.717) is 24.7 Å². The smallest absolute Gasteiger partial charge is 0.253 e. The second-order valence-electron chi connectivity index (χ2n) is 7.78. The third kappa shape index (κ3) is 3.76. The van der Waals surface area contributed by atoms with Gasteiger partial charge < -0.3 is 14.4 Å². The minimum Gasteiger partial charge on any atom is -0.350 e. The van der Waals surface area contributed by atoms with Gasteiger partial charge in [-0.05, 0) is 37.1 Å². The molecule has 6 heteroatoms. The normalized spacial score (nSPS) is 18.1. The predicted octanol–water partition coefficient (Wildman–Crippen LogP) is 3.76. The maximum absolute atomic E-state index is 13.1. The Kier molecular flexibility index (Phi) is 5.34. The molecule has 30 heavy (non-hydrogen) atoms. The molecule has 3 aromatic rings. The van der Waals surface area contributed by atoms with Crippen LogP contribution in [0.25, 0.3) is 16.9 Å². The monoisotopic (exact) mass is 403 g/mol. The first kappa shape index (κ1) is 19.0. The molecule has 2 aliphatic rings. The summed E-state index contributed by atoms with van der Waals surface area (Å²) in [5, 5.41) is 4.49. The van der Waals surface area contributed by atoms with Crippen molar-refractivity contribution in [2.75, 3.05) is 26.3 Å². The first-order chi connectivity index (χ1) is 14.8. The second kappa shape index (κ2) is 8.42. The first-order valence-electron chi connectivity index (χ1n) is 10.5. The number of ether oxygens (including phenoxy) is 2. The van der Waals surface area contributed by atoms with E-state index in [4.69, 9.17) is 9.47 Å². The van der Waals surface area contributed by atoms with Crippen molar-refractivity contribution in [2.45, 2.75) is 19.1 Å². The molecule has 0 N–H and O–H groups in total. The van der Waals surface area contributed by atoms with Gasteiger partial charge in [0.05, 0.1) is 30.8 Å².